The number of nitrogens with zero attached hydrogens (tertiary/aromatic N) is 2. The van der Waals surface area contributed by atoms with Crippen LogP contribution in [0, 0.1) is 0 Å². The fourth-order valence-corrected chi connectivity index (χ4v) is 5.94. The SMILES string of the molecule is Cl.Cl.O=S(=O)(CCCCCCN1CCN(Cc2ccc(-c3ccc(Cl)cc3)cc2)CC1)NC1CC1. The Morgan fingerprint density at radius 1 is 0.771 bits per heavy atom. The third-order valence-electron chi connectivity index (χ3n) is 6.56. The van der Waals surface area contributed by atoms with Gasteiger partial charge in [-0.15, -0.1) is 24.8 Å². The Bertz CT molecular complexity index is 976. The summed E-state index contributed by atoms with van der Waals surface area (Å²) >= 11 is 5.99. The predicted octanol–water partition coefficient (Wildman–Crippen LogP) is 5.61. The number of hydrogen-bond donors (Lipinski definition) is 1. The molecule has 0 aromatic heterocycles. The molecule has 0 spiro atoms. The lowest BCUT2D eigenvalue weighted by Crippen LogP contribution is -2.46. The summed E-state index contributed by atoms with van der Waals surface area (Å²) in [5.41, 5.74) is 3.76. The Morgan fingerprint density at radius 3 is 1.91 bits per heavy atom. The van der Waals surface area contributed by atoms with Crippen LogP contribution in [-0.2, 0) is 16.6 Å². The molecule has 1 saturated carbocycles. The number of hydrogen-bond acceptors (Lipinski definition) is 4. The molecule has 1 saturated heterocycles. The molecule has 2 fully saturated rings. The second kappa shape index (κ2) is 14.8. The molecule has 1 aliphatic carbocycles. The first-order chi connectivity index (χ1) is 16.0. The van der Waals surface area contributed by atoms with Gasteiger partial charge in [0.2, 0.25) is 10.0 Å². The van der Waals surface area contributed by atoms with Crippen molar-refractivity contribution in [3.8, 4) is 11.1 Å². The largest absolute Gasteiger partial charge is 0.301 e. The van der Waals surface area contributed by atoms with Crippen LogP contribution in [0.4, 0.5) is 0 Å². The average Bonchev–Trinajstić information content (AvgIpc) is 3.62. The van der Waals surface area contributed by atoms with Crippen LogP contribution in [0.2, 0.25) is 5.02 Å². The van der Waals surface area contributed by atoms with Crippen molar-refractivity contribution in [2.75, 3.05) is 38.5 Å². The molecule has 0 radical (unpaired) electrons. The number of rotatable bonds is 12. The van der Waals surface area contributed by atoms with Gasteiger partial charge in [-0.25, -0.2) is 13.1 Å². The Hall–Kier alpha value is -0.860. The van der Waals surface area contributed by atoms with E-state index in [1.807, 2.05) is 12.1 Å². The summed E-state index contributed by atoms with van der Waals surface area (Å²) in [6.45, 7) is 6.55. The zero-order chi connectivity index (χ0) is 23.1. The highest BCUT2D eigenvalue weighted by Gasteiger charge is 2.26. The molecule has 9 heteroatoms. The molecule has 2 aromatic carbocycles. The van der Waals surface area contributed by atoms with E-state index in [2.05, 4.69) is 50.9 Å². The monoisotopic (exact) mass is 561 g/mol. The second-order valence-electron chi connectivity index (χ2n) is 9.45. The zero-order valence-electron chi connectivity index (χ0n) is 20.2. The molecule has 0 bridgehead atoms. The van der Waals surface area contributed by atoms with E-state index in [-0.39, 0.29) is 36.6 Å². The van der Waals surface area contributed by atoms with Crippen LogP contribution in [0.15, 0.2) is 48.5 Å². The van der Waals surface area contributed by atoms with E-state index in [9.17, 15) is 8.42 Å². The first-order valence-electron chi connectivity index (χ1n) is 12.3. The summed E-state index contributed by atoms with van der Waals surface area (Å²) < 4.78 is 26.5. The minimum Gasteiger partial charge on any atom is -0.301 e. The minimum atomic E-state index is -3.05. The number of benzene rings is 2. The van der Waals surface area contributed by atoms with Crippen molar-refractivity contribution in [2.24, 2.45) is 0 Å². The zero-order valence-corrected chi connectivity index (χ0v) is 23.4. The molecule has 0 unspecified atom stereocenters. The summed E-state index contributed by atoms with van der Waals surface area (Å²) in [5.74, 6) is 0.281. The number of sulfonamides is 1. The maximum atomic E-state index is 11.9. The Kier molecular flexibility index (Phi) is 12.8. The highest BCUT2D eigenvalue weighted by molar-refractivity contribution is 7.89. The molecule has 5 nitrogen and oxygen atoms in total. The van der Waals surface area contributed by atoms with E-state index in [1.165, 1.54) is 16.7 Å². The van der Waals surface area contributed by atoms with Gasteiger partial charge in [0.25, 0.3) is 0 Å². The molecule has 1 heterocycles. The lowest BCUT2D eigenvalue weighted by molar-refractivity contribution is 0.125. The third kappa shape index (κ3) is 10.6. The van der Waals surface area contributed by atoms with E-state index in [1.54, 1.807) is 0 Å². The average molecular weight is 563 g/mol. The van der Waals surface area contributed by atoms with Crippen molar-refractivity contribution in [3.63, 3.8) is 0 Å². The van der Waals surface area contributed by atoms with Crippen molar-refractivity contribution in [2.45, 2.75) is 51.1 Å². The highest BCUT2D eigenvalue weighted by Crippen LogP contribution is 2.23. The van der Waals surface area contributed by atoms with Crippen LogP contribution in [0.1, 0.15) is 44.1 Å². The van der Waals surface area contributed by atoms with Crippen LogP contribution in [-0.4, -0.2) is 62.7 Å². The lowest BCUT2D eigenvalue weighted by atomic mass is 10.0. The lowest BCUT2D eigenvalue weighted by Gasteiger charge is -2.34. The minimum absolute atomic E-state index is 0. The molecule has 196 valence electrons. The second-order valence-corrected chi connectivity index (χ2v) is 11.8. The van der Waals surface area contributed by atoms with Crippen molar-refractivity contribution in [1.82, 2.24) is 14.5 Å². The molecule has 2 aromatic rings. The molecule has 35 heavy (non-hydrogen) atoms. The van der Waals surface area contributed by atoms with Gasteiger partial charge in [0, 0.05) is 43.8 Å². The van der Waals surface area contributed by atoms with Crippen LogP contribution < -0.4 is 4.72 Å². The number of nitrogens with one attached hydrogen (secondary N) is 1. The van der Waals surface area contributed by atoms with Crippen LogP contribution in [0.25, 0.3) is 11.1 Å². The molecule has 1 N–H and O–H groups in total. The van der Waals surface area contributed by atoms with E-state index in [0.29, 0.717) is 0 Å². The van der Waals surface area contributed by atoms with Gasteiger partial charge in [-0.1, -0.05) is 60.8 Å². The molecule has 0 atom stereocenters. The van der Waals surface area contributed by atoms with Gasteiger partial charge in [0.15, 0.2) is 0 Å². The number of halogens is 3. The van der Waals surface area contributed by atoms with Gasteiger partial charge in [-0.05, 0) is 61.1 Å². The number of piperazine rings is 1. The Labute approximate surface area is 228 Å². The first-order valence-corrected chi connectivity index (χ1v) is 14.3. The fourth-order valence-electron chi connectivity index (χ4n) is 4.37. The maximum absolute atomic E-state index is 11.9. The highest BCUT2D eigenvalue weighted by atomic mass is 35.5. The number of unbranched alkanes of at least 4 members (excludes halogenated alkanes) is 3. The summed E-state index contributed by atoms with van der Waals surface area (Å²) in [7, 11) is -3.05. The van der Waals surface area contributed by atoms with Crippen LogP contribution >= 0.6 is 36.4 Å². The topological polar surface area (TPSA) is 52.7 Å². The van der Waals surface area contributed by atoms with Crippen LogP contribution in [0.5, 0.6) is 0 Å². The fraction of sp³-hybridized carbons (Fsp3) is 0.538. The quantitative estimate of drug-likeness (QED) is 0.342. The van der Waals surface area contributed by atoms with E-state index in [4.69, 9.17) is 11.6 Å². The van der Waals surface area contributed by atoms with E-state index < -0.39 is 10.0 Å². The molecule has 0 amide bonds. The molecule has 1 aliphatic heterocycles. The predicted molar refractivity (Wildman–Crippen MR) is 152 cm³/mol. The van der Waals surface area contributed by atoms with Crippen molar-refractivity contribution >= 4 is 46.4 Å². The molecular weight excluding hydrogens is 525 g/mol. The maximum Gasteiger partial charge on any atom is 0.211 e. The van der Waals surface area contributed by atoms with Gasteiger partial charge in [0.05, 0.1) is 5.75 Å². The van der Waals surface area contributed by atoms with Gasteiger partial charge in [-0.2, -0.15) is 0 Å². The van der Waals surface area contributed by atoms with Crippen molar-refractivity contribution < 1.29 is 8.42 Å². The molecular formula is C26H38Cl3N3O2S. The van der Waals surface area contributed by atoms with E-state index in [0.717, 1.165) is 82.8 Å². The van der Waals surface area contributed by atoms with Crippen molar-refractivity contribution in [1.29, 1.82) is 0 Å². The van der Waals surface area contributed by atoms with Crippen molar-refractivity contribution in [3.05, 3.63) is 59.1 Å². The van der Waals surface area contributed by atoms with Crippen LogP contribution in [0.3, 0.4) is 0 Å². The third-order valence-corrected chi connectivity index (χ3v) is 8.33. The van der Waals surface area contributed by atoms with Gasteiger partial charge in [-0.3, -0.25) is 4.90 Å². The van der Waals surface area contributed by atoms with Gasteiger partial charge >= 0.3 is 0 Å². The summed E-state index contributed by atoms with van der Waals surface area (Å²) in [6, 6.07) is 17.1. The normalized spacial score (nSPS) is 16.9. The summed E-state index contributed by atoms with van der Waals surface area (Å²) in [6.07, 6.45) is 6.04. The Morgan fingerprint density at radius 2 is 1.31 bits per heavy atom. The van der Waals surface area contributed by atoms with E-state index >= 15 is 0 Å². The summed E-state index contributed by atoms with van der Waals surface area (Å²) in [4.78, 5) is 5.08. The molecule has 4 rings (SSSR count). The standard InChI is InChI=1S/C26H36ClN3O2S.2ClH/c27-25-11-9-24(10-12-25)23-7-5-22(6-8-23)21-30-18-16-29(17-19-30)15-3-1-2-4-20-33(31,32)28-26-13-14-26;;/h5-12,26,28H,1-4,13-21H2;2*1H. The van der Waals surface area contributed by atoms with Gasteiger partial charge in [0.1, 0.15) is 0 Å². The van der Waals surface area contributed by atoms with Gasteiger partial charge < -0.3 is 4.90 Å². The molecule has 2 aliphatic rings. The first kappa shape index (κ1) is 30.4. The smallest absolute Gasteiger partial charge is 0.211 e. The Balaban J connectivity index is 0.00000216. The summed E-state index contributed by atoms with van der Waals surface area (Å²) in [5, 5.41) is 0.765.